The number of carbonyl (C=O) groups is 1. The number of aryl methyl sites for hydroxylation is 1. The summed E-state index contributed by atoms with van der Waals surface area (Å²) in [5.74, 6) is 0.879. The molecular formula is C14H20N2O2. The number of anilines is 1. The summed E-state index contributed by atoms with van der Waals surface area (Å²) < 4.78 is 5.77. The molecule has 1 aliphatic rings. The third-order valence-electron chi connectivity index (χ3n) is 3.22. The minimum Gasteiger partial charge on any atom is -0.488 e. The van der Waals surface area contributed by atoms with Gasteiger partial charge in [-0.05, 0) is 44.0 Å². The van der Waals surface area contributed by atoms with Gasteiger partial charge < -0.3 is 15.4 Å². The molecule has 1 unspecified atom stereocenters. The number of ether oxygens (including phenoxy) is 1. The van der Waals surface area contributed by atoms with Crippen LogP contribution in [0.15, 0.2) is 18.2 Å². The van der Waals surface area contributed by atoms with Crippen molar-refractivity contribution in [1.82, 2.24) is 0 Å². The fourth-order valence-corrected chi connectivity index (χ4v) is 2.16. The zero-order valence-corrected chi connectivity index (χ0v) is 11.0. The molecule has 0 saturated heterocycles. The van der Waals surface area contributed by atoms with Crippen LogP contribution in [0.4, 0.5) is 5.69 Å². The first-order valence-electron chi connectivity index (χ1n) is 6.38. The lowest BCUT2D eigenvalue weighted by atomic mass is 10.1. The molecule has 0 saturated carbocycles. The summed E-state index contributed by atoms with van der Waals surface area (Å²) in [5, 5.41) is 0. The third kappa shape index (κ3) is 2.64. The van der Waals surface area contributed by atoms with Crippen LogP contribution in [-0.4, -0.2) is 25.6 Å². The largest absolute Gasteiger partial charge is 0.488 e. The van der Waals surface area contributed by atoms with Gasteiger partial charge in [-0.15, -0.1) is 0 Å². The van der Waals surface area contributed by atoms with Gasteiger partial charge in [-0.2, -0.15) is 0 Å². The molecule has 0 aliphatic carbocycles. The number of hydrogen-bond acceptors (Lipinski definition) is 3. The van der Waals surface area contributed by atoms with Crippen LogP contribution in [0.5, 0.6) is 5.75 Å². The van der Waals surface area contributed by atoms with Crippen LogP contribution >= 0.6 is 0 Å². The van der Waals surface area contributed by atoms with Crippen molar-refractivity contribution < 1.29 is 9.53 Å². The number of amides is 1. The molecule has 0 spiro atoms. The molecule has 1 heterocycles. The average Bonchev–Trinajstić information content (AvgIpc) is 2.45. The van der Waals surface area contributed by atoms with Gasteiger partial charge in [-0.3, -0.25) is 4.79 Å². The summed E-state index contributed by atoms with van der Waals surface area (Å²) in [4.78, 5) is 13.6. The van der Waals surface area contributed by atoms with Gasteiger partial charge in [0, 0.05) is 7.05 Å². The fraction of sp³-hybridized carbons (Fsp3) is 0.500. The Hall–Kier alpha value is -1.55. The van der Waals surface area contributed by atoms with E-state index in [-0.39, 0.29) is 12.0 Å². The Bertz CT molecular complexity index is 445. The normalized spacial score (nSPS) is 19.2. The monoisotopic (exact) mass is 248 g/mol. The lowest BCUT2D eigenvalue weighted by Crippen LogP contribution is -2.27. The topological polar surface area (TPSA) is 55.6 Å². The van der Waals surface area contributed by atoms with Gasteiger partial charge in [-0.1, -0.05) is 6.07 Å². The van der Waals surface area contributed by atoms with Gasteiger partial charge in [0.25, 0.3) is 0 Å². The Morgan fingerprint density at radius 3 is 3.00 bits per heavy atom. The smallest absolute Gasteiger partial charge is 0.230 e. The molecule has 1 atom stereocenters. The Balaban J connectivity index is 2.31. The van der Waals surface area contributed by atoms with Gasteiger partial charge in [0.1, 0.15) is 11.9 Å². The van der Waals surface area contributed by atoms with Crippen molar-refractivity contribution >= 4 is 11.6 Å². The molecule has 1 aromatic rings. The van der Waals surface area contributed by atoms with Crippen molar-refractivity contribution in [3.63, 3.8) is 0 Å². The van der Waals surface area contributed by atoms with E-state index in [0.717, 1.165) is 24.3 Å². The number of nitrogens with zero attached hydrogens (tertiary/aromatic N) is 1. The SMILES string of the molecule is CC1CC(=O)N(C)c2cc(CCCN)ccc2O1. The predicted molar refractivity (Wildman–Crippen MR) is 71.9 cm³/mol. The highest BCUT2D eigenvalue weighted by molar-refractivity contribution is 5.95. The Labute approximate surface area is 108 Å². The van der Waals surface area contributed by atoms with E-state index in [1.165, 1.54) is 5.56 Å². The maximum absolute atomic E-state index is 11.9. The molecule has 1 aromatic carbocycles. The molecular weight excluding hydrogens is 228 g/mol. The summed E-state index contributed by atoms with van der Waals surface area (Å²) in [6.07, 6.45) is 2.23. The number of fused-ring (bicyclic) bond motifs is 1. The van der Waals surface area contributed by atoms with Crippen LogP contribution in [0.25, 0.3) is 0 Å². The summed E-state index contributed by atoms with van der Waals surface area (Å²) in [6.45, 7) is 2.60. The maximum atomic E-state index is 11.9. The first-order chi connectivity index (χ1) is 8.61. The van der Waals surface area contributed by atoms with E-state index in [4.69, 9.17) is 10.5 Å². The van der Waals surface area contributed by atoms with Crippen LogP contribution in [0.2, 0.25) is 0 Å². The van der Waals surface area contributed by atoms with Crippen molar-refractivity contribution in [3.8, 4) is 5.75 Å². The van der Waals surface area contributed by atoms with Gasteiger partial charge in [-0.25, -0.2) is 0 Å². The molecule has 4 heteroatoms. The summed E-state index contributed by atoms with van der Waals surface area (Å²) in [7, 11) is 1.80. The molecule has 98 valence electrons. The van der Waals surface area contributed by atoms with E-state index in [1.54, 1.807) is 11.9 Å². The molecule has 1 amide bonds. The van der Waals surface area contributed by atoms with Crippen molar-refractivity contribution in [2.75, 3.05) is 18.5 Å². The molecule has 0 fully saturated rings. The highest BCUT2D eigenvalue weighted by Crippen LogP contribution is 2.33. The Kier molecular flexibility index (Phi) is 3.87. The molecule has 0 radical (unpaired) electrons. The van der Waals surface area contributed by atoms with E-state index < -0.39 is 0 Å². The second-order valence-corrected chi connectivity index (χ2v) is 4.78. The van der Waals surface area contributed by atoms with Gasteiger partial charge >= 0.3 is 0 Å². The van der Waals surface area contributed by atoms with Crippen molar-refractivity contribution in [1.29, 1.82) is 0 Å². The van der Waals surface area contributed by atoms with Crippen molar-refractivity contribution in [2.24, 2.45) is 5.73 Å². The number of hydrogen-bond donors (Lipinski definition) is 1. The minimum absolute atomic E-state index is 0.0731. The number of benzene rings is 1. The van der Waals surface area contributed by atoms with E-state index in [1.807, 2.05) is 25.1 Å². The maximum Gasteiger partial charge on any atom is 0.230 e. The first-order valence-corrected chi connectivity index (χ1v) is 6.38. The molecule has 2 rings (SSSR count). The van der Waals surface area contributed by atoms with Crippen LogP contribution in [0, 0.1) is 0 Å². The van der Waals surface area contributed by atoms with Crippen LogP contribution in [0.3, 0.4) is 0 Å². The zero-order valence-electron chi connectivity index (χ0n) is 11.0. The first kappa shape index (κ1) is 12.9. The minimum atomic E-state index is -0.0731. The van der Waals surface area contributed by atoms with E-state index in [9.17, 15) is 4.79 Å². The second kappa shape index (κ2) is 5.40. The Morgan fingerprint density at radius 1 is 1.50 bits per heavy atom. The van der Waals surface area contributed by atoms with Gasteiger partial charge in [0.2, 0.25) is 5.91 Å². The lowest BCUT2D eigenvalue weighted by molar-refractivity contribution is -0.119. The standard InChI is InChI=1S/C14H20N2O2/c1-10-8-14(17)16(2)12-9-11(4-3-7-15)5-6-13(12)18-10/h5-6,9-10H,3-4,7-8,15H2,1-2H3. The molecule has 18 heavy (non-hydrogen) atoms. The summed E-state index contributed by atoms with van der Waals surface area (Å²) in [5.41, 5.74) is 7.57. The lowest BCUT2D eigenvalue weighted by Gasteiger charge is -2.17. The predicted octanol–water partition coefficient (Wildman–Crippen LogP) is 1.71. The Morgan fingerprint density at radius 2 is 2.28 bits per heavy atom. The van der Waals surface area contributed by atoms with E-state index >= 15 is 0 Å². The average molecular weight is 248 g/mol. The van der Waals surface area contributed by atoms with E-state index in [2.05, 4.69) is 0 Å². The number of carbonyl (C=O) groups excluding carboxylic acids is 1. The highest BCUT2D eigenvalue weighted by atomic mass is 16.5. The molecule has 0 aromatic heterocycles. The zero-order chi connectivity index (χ0) is 13.1. The fourth-order valence-electron chi connectivity index (χ4n) is 2.16. The molecule has 4 nitrogen and oxygen atoms in total. The van der Waals surface area contributed by atoms with Crippen molar-refractivity contribution in [2.45, 2.75) is 32.3 Å². The molecule has 1 aliphatic heterocycles. The molecule has 0 bridgehead atoms. The summed E-state index contributed by atoms with van der Waals surface area (Å²) in [6, 6.07) is 6.03. The van der Waals surface area contributed by atoms with E-state index in [0.29, 0.717) is 13.0 Å². The molecule has 2 N–H and O–H groups in total. The second-order valence-electron chi connectivity index (χ2n) is 4.78. The summed E-state index contributed by atoms with van der Waals surface area (Å²) >= 11 is 0. The highest BCUT2D eigenvalue weighted by Gasteiger charge is 2.24. The number of rotatable bonds is 3. The van der Waals surface area contributed by atoms with Gasteiger partial charge in [0.05, 0.1) is 12.1 Å². The third-order valence-corrected chi connectivity index (χ3v) is 3.22. The van der Waals surface area contributed by atoms with Crippen LogP contribution < -0.4 is 15.4 Å². The van der Waals surface area contributed by atoms with Crippen LogP contribution in [0.1, 0.15) is 25.3 Å². The quantitative estimate of drug-likeness (QED) is 0.886. The van der Waals surface area contributed by atoms with Gasteiger partial charge in [0.15, 0.2) is 0 Å². The number of nitrogens with two attached hydrogens (primary N) is 1. The van der Waals surface area contributed by atoms with Crippen LogP contribution in [-0.2, 0) is 11.2 Å². The van der Waals surface area contributed by atoms with Crippen molar-refractivity contribution in [3.05, 3.63) is 23.8 Å².